The molecule has 0 unspecified atom stereocenters. The van der Waals surface area contributed by atoms with Gasteiger partial charge in [0.25, 0.3) is 5.91 Å². The molecule has 0 fully saturated rings. The predicted octanol–water partition coefficient (Wildman–Crippen LogP) is 3.36. The van der Waals surface area contributed by atoms with E-state index >= 15 is 0 Å². The third-order valence-electron chi connectivity index (χ3n) is 3.83. The number of hydrogen-bond acceptors (Lipinski definition) is 7. The lowest BCUT2D eigenvalue weighted by Gasteiger charge is -2.11. The van der Waals surface area contributed by atoms with Crippen molar-refractivity contribution in [3.63, 3.8) is 0 Å². The fourth-order valence-corrected chi connectivity index (χ4v) is 2.37. The van der Waals surface area contributed by atoms with E-state index in [4.69, 9.17) is 14.7 Å². The molecule has 8 nitrogen and oxygen atoms in total. The largest absolute Gasteiger partial charge is 0.497 e. The number of benzene rings is 2. The molecule has 0 aliphatic heterocycles. The van der Waals surface area contributed by atoms with Crippen molar-refractivity contribution < 1.29 is 14.3 Å². The molecule has 2 aromatic carbocycles. The second kappa shape index (κ2) is 8.51. The lowest BCUT2D eigenvalue weighted by atomic mass is 10.2. The van der Waals surface area contributed by atoms with Crippen LogP contribution < -0.4 is 20.1 Å². The van der Waals surface area contributed by atoms with E-state index in [1.54, 1.807) is 49.6 Å². The number of anilines is 3. The first kappa shape index (κ1) is 18.7. The first-order valence-electron chi connectivity index (χ1n) is 8.25. The molecule has 2 N–H and O–H groups in total. The van der Waals surface area contributed by atoms with E-state index in [0.29, 0.717) is 28.6 Å². The van der Waals surface area contributed by atoms with Gasteiger partial charge in [0.2, 0.25) is 0 Å². The normalized spacial score (nSPS) is 9.89. The minimum atomic E-state index is -0.416. The van der Waals surface area contributed by atoms with Gasteiger partial charge in [-0.25, -0.2) is 9.97 Å². The van der Waals surface area contributed by atoms with Crippen molar-refractivity contribution in [2.24, 2.45) is 0 Å². The fraction of sp³-hybridized carbons (Fsp3) is 0.100. The minimum absolute atomic E-state index is 0.156. The zero-order chi connectivity index (χ0) is 19.9. The van der Waals surface area contributed by atoms with Gasteiger partial charge < -0.3 is 20.1 Å². The number of rotatable bonds is 6. The summed E-state index contributed by atoms with van der Waals surface area (Å²) < 4.78 is 10.4. The van der Waals surface area contributed by atoms with Gasteiger partial charge in [-0.15, -0.1) is 0 Å². The quantitative estimate of drug-likeness (QED) is 0.680. The van der Waals surface area contributed by atoms with Gasteiger partial charge >= 0.3 is 0 Å². The number of carbonyl (C=O) groups is 1. The molecule has 0 saturated carbocycles. The molecule has 3 rings (SSSR count). The van der Waals surface area contributed by atoms with Gasteiger partial charge in [-0.2, -0.15) is 5.26 Å². The van der Waals surface area contributed by atoms with E-state index in [-0.39, 0.29) is 5.69 Å². The molecule has 28 heavy (non-hydrogen) atoms. The Kier molecular flexibility index (Phi) is 5.67. The zero-order valence-electron chi connectivity index (χ0n) is 15.3. The molecule has 0 radical (unpaired) electrons. The predicted molar refractivity (Wildman–Crippen MR) is 104 cm³/mol. The summed E-state index contributed by atoms with van der Waals surface area (Å²) in [5.74, 6) is 1.15. The third kappa shape index (κ3) is 4.34. The average molecular weight is 375 g/mol. The van der Waals surface area contributed by atoms with Crippen LogP contribution in [0.25, 0.3) is 0 Å². The van der Waals surface area contributed by atoms with Gasteiger partial charge in [-0.3, -0.25) is 4.79 Å². The standard InChI is InChI=1S/C20H17N5O3/c1-27-15-7-8-16(18(9-15)28-2)25-20(26)17-11-23-19(12-22-17)24-14-5-3-13(10-21)4-6-14/h3-9,11-12H,1-2H3,(H,23,24)(H,25,26). The third-order valence-corrected chi connectivity index (χ3v) is 3.83. The molecule has 0 bridgehead atoms. The van der Waals surface area contributed by atoms with E-state index in [9.17, 15) is 4.79 Å². The molecule has 140 valence electrons. The van der Waals surface area contributed by atoms with Crippen molar-refractivity contribution in [2.75, 3.05) is 24.9 Å². The number of amides is 1. The molecule has 0 spiro atoms. The number of nitrogens with one attached hydrogen (secondary N) is 2. The topological polar surface area (TPSA) is 109 Å². The van der Waals surface area contributed by atoms with Crippen molar-refractivity contribution in [1.29, 1.82) is 5.26 Å². The Morgan fingerprint density at radius 2 is 1.82 bits per heavy atom. The van der Waals surface area contributed by atoms with Gasteiger partial charge in [-0.1, -0.05) is 0 Å². The maximum atomic E-state index is 12.4. The lowest BCUT2D eigenvalue weighted by Crippen LogP contribution is -2.15. The van der Waals surface area contributed by atoms with E-state index in [1.807, 2.05) is 0 Å². The molecule has 1 aromatic heterocycles. The maximum Gasteiger partial charge on any atom is 0.275 e. The van der Waals surface area contributed by atoms with Crippen LogP contribution in [-0.2, 0) is 0 Å². The molecule has 1 amide bonds. The van der Waals surface area contributed by atoms with Crippen LogP contribution in [0.3, 0.4) is 0 Å². The first-order chi connectivity index (χ1) is 13.6. The zero-order valence-corrected chi connectivity index (χ0v) is 15.3. The first-order valence-corrected chi connectivity index (χ1v) is 8.25. The van der Waals surface area contributed by atoms with E-state index < -0.39 is 5.91 Å². The molecule has 0 atom stereocenters. The Labute approximate surface area is 161 Å². The van der Waals surface area contributed by atoms with Gasteiger partial charge in [0.1, 0.15) is 23.0 Å². The van der Waals surface area contributed by atoms with Gasteiger partial charge in [0, 0.05) is 11.8 Å². The number of nitriles is 1. The summed E-state index contributed by atoms with van der Waals surface area (Å²) in [4.78, 5) is 20.8. The van der Waals surface area contributed by atoms with Crippen LogP contribution in [0.2, 0.25) is 0 Å². The smallest absolute Gasteiger partial charge is 0.275 e. The van der Waals surface area contributed by atoms with Crippen molar-refractivity contribution in [1.82, 2.24) is 9.97 Å². The molecular formula is C20H17N5O3. The van der Waals surface area contributed by atoms with Crippen molar-refractivity contribution in [3.8, 4) is 17.6 Å². The van der Waals surface area contributed by atoms with Crippen molar-refractivity contribution >= 4 is 23.1 Å². The molecule has 8 heteroatoms. The number of hydrogen-bond donors (Lipinski definition) is 2. The van der Waals surface area contributed by atoms with Gasteiger partial charge in [0.05, 0.1) is 43.9 Å². The Bertz CT molecular complexity index is 1010. The number of carbonyl (C=O) groups excluding carboxylic acids is 1. The number of ether oxygens (including phenoxy) is 2. The Morgan fingerprint density at radius 3 is 2.43 bits per heavy atom. The lowest BCUT2D eigenvalue weighted by molar-refractivity contribution is 0.102. The molecule has 1 heterocycles. The van der Waals surface area contributed by atoms with Crippen LogP contribution in [0, 0.1) is 11.3 Å². The van der Waals surface area contributed by atoms with Crippen LogP contribution in [0.1, 0.15) is 16.1 Å². The highest BCUT2D eigenvalue weighted by Gasteiger charge is 2.12. The second-order valence-corrected chi connectivity index (χ2v) is 5.62. The summed E-state index contributed by atoms with van der Waals surface area (Å²) >= 11 is 0. The molecule has 0 aliphatic rings. The fourth-order valence-electron chi connectivity index (χ4n) is 2.37. The molecular weight excluding hydrogens is 358 g/mol. The van der Waals surface area contributed by atoms with Crippen LogP contribution in [0.5, 0.6) is 11.5 Å². The summed E-state index contributed by atoms with van der Waals surface area (Å²) in [6.07, 6.45) is 2.83. The van der Waals surface area contributed by atoms with Crippen LogP contribution in [-0.4, -0.2) is 30.1 Å². The highest BCUT2D eigenvalue weighted by atomic mass is 16.5. The Hall–Kier alpha value is -4.12. The summed E-state index contributed by atoms with van der Waals surface area (Å²) in [6.45, 7) is 0. The SMILES string of the molecule is COc1ccc(NC(=O)c2cnc(Nc3ccc(C#N)cc3)cn2)c(OC)c1. The van der Waals surface area contributed by atoms with Crippen molar-refractivity contribution in [3.05, 3.63) is 66.1 Å². The van der Waals surface area contributed by atoms with Crippen molar-refractivity contribution in [2.45, 2.75) is 0 Å². The minimum Gasteiger partial charge on any atom is -0.497 e. The van der Waals surface area contributed by atoms with E-state index in [0.717, 1.165) is 5.69 Å². The van der Waals surface area contributed by atoms with Crippen LogP contribution in [0.15, 0.2) is 54.9 Å². The highest BCUT2D eigenvalue weighted by Crippen LogP contribution is 2.29. The second-order valence-electron chi connectivity index (χ2n) is 5.62. The molecule has 0 saturated heterocycles. The number of nitrogens with zero attached hydrogens (tertiary/aromatic N) is 3. The van der Waals surface area contributed by atoms with E-state index in [2.05, 4.69) is 26.7 Å². The van der Waals surface area contributed by atoms with Gasteiger partial charge in [0.15, 0.2) is 0 Å². The van der Waals surface area contributed by atoms with Crippen LogP contribution >= 0.6 is 0 Å². The molecule has 0 aliphatic carbocycles. The Morgan fingerprint density at radius 1 is 1.04 bits per heavy atom. The Balaban J connectivity index is 1.69. The molecule has 3 aromatic rings. The number of aromatic nitrogens is 2. The highest BCUT2D eigenvalue weighted by molar-refractivity contribution is 6.03. The monoisotopic (exact) mass is 375 g/mol. The summed E-state index contributed by atoms with van der Waals surface area (Å²) in [5.41, 5.74) is 1.98. The van der Waals surface area contributed by atoms with Crippen LogP contribution in [0.4, 0.5) is 17.2 Å². The van der Waals surface area contributed by atoms with E-state index in [1.165, 1.54) is 19.5 Å². The summed E-state index contributed by atoms with van der Waals surface area (Å²) in [7, 11) is 3.06. The summed E-state index contributed by atoms with van der Waals surface area (Å²) in [6, 6.07) is 14.0. The maximum absolute atomic E-state index is 12.4. The summed E-state index contributed by atoms with van der Waals surface area (Å²) in [5, 5.41) is 14.6. The van der Waals surface area contributed by atoms with Gasteiger partial charge in [-0.05, 0) is 36.4 Å². The number of methoxy groups -OCH3 is 2. The average Bonchev–Trinajstić information content (AvgIpc) is 2.75.